The van der Waals surface area contributed by atoms with Crippen molar-refractivity contribution < 1.29 is 9.90 Å². The molecular weight excluding hydrogens is 252 g/mol. The smallest absolute Gasteiger partial charge is 0.221 e. The number of benzene rings is 1. The van der Waals surface area contributed by atoms with Gasteiger partial charge in [-0.15, -0.1) is 0 Å². The van der Waals surface area contributed by atoms with Crippen LogP contribution < -0.4 is 5.32 Å². The Bertz CT molecular complexity index is 397. The Labute approximate surface area is 121 Å². The Morgan fingerprint density at radius 3 is 2.20 bits per heavy atom. The zero-order valence-electron chi connectivity index (χ0n) is 12.7. The fourth-order valence-corrected chi connectivity index (χ4v) is 2.27. The lowest BCUT2D eigenvalue weighted by Crippen LogP contribution is -2.30. The molecule has 1 atom stereocenters. The molecule has 0 bridgehead atoms. The monoisotopic (exact) mass is 278 g/mol. The summed E-state index contributed by atoms with van der Waals surface area (Å²) in [6.45, 7) is 8.45. The third-order valence-corrected chi connectivity index (χ3v) is 3.13. The van der Waals surface area contributed by atoms with Crippen LogP contribution in [0.2, 0.25) is 0 Å². The summed E-state index contributed by atoms with van der Waals surface area (Å²) >= 11 is 0. The molecule has 1 aromatic rings. The number of carbonyl (C=O) groups is 1. The van der Waals surface area contributed by atoms with E-state index in [9.17, 15) is 9.90 Å². The molecule has 2 N–H and O–H groups in total. The molecule has 0 radical (unpaired) electrons. The molecule has 1 rings (SSSR count). The van der Waals surface area contributed by atoms with E-state index in [1.54, 1.807) is 0 Å². The van der Waals surface area contributed by atoms with E-state index in [2.05, 4.69) is 24.1 Å². The van der Waals surface area contributed by atoms with E-state index in [1.165, 1.54) is 6.92 Å². The van der Waals surface area contributed by atoms with Crippen LogP contribution >= 0.6 is 0 Å². The predicted octanol–water partition coefficient (Wildman–Crippen LogP) is 2.80. The normalized spacial score (nSPS) is 12.4. The highest BCUT2D eigenvalue weighted by Gasteiger charge is 2.12. The maximum Gasteiger partial charge on any atom is 0.221 e. The van der Waals surface area contributed by atoms with Crippen LogP contribution in [0.4, 0.5) is 5.69 Å². The van der Waals surface area contributed by atoms with E-state index in [1.807, 2.05) is 24.3 Å². The van der Waals surface area contributed by atoms with E-state index >= 15 is 0 Å². The van der Waals surface area contributed by atoms with Crippen LogP contribution in [0.25, 0.3) is 0 Å². The van der Waals surface area contributed by atoms with Gasteiger partial charge in [0.25, 0.3) is 0 Å². The largest absolute Gasteiger partial charge is 0.387 e. The molecule has 1 aromatic carbocycles. The third-order valence-electron chi connectivity index (χ3n) is 3.13. The van der Waals surface area contributed by atoms with Gasteiger partial charge in [-0.25, -0.2) is 0 Å². The van der Waals surface area contributed by atoms with Crippen LogP contribution in [0.5, 0.6) is 0 Å². The fourth-order valence-electron chi connectivity index (χ4n) is 2.27. The SMILES string of the molecule is CCCN(CCC)CC(O)c1ccc(NC(C)=O)cc1. The van der Waals surface area contributed by atoms with Crippen LogP contribution in [-0.2, 0) is 4.79 Å². The molecule has 20 heavy (non-hydrogen) atoms. The number of hydrogen-bond donors (Lipinski definition) is 2. The minimum absolute atomic E-state index is 0.0876. The first-order valence-corrected chi connectivity index (χ1v) is 7.34. The third kappa shape index (κ3) is 5.72. The van der Waals surface area contributed by atoms with Gasteiger partial charge in [0.05, 0.1) is 6.10 Å². The van der Waals surface area contributed by atoms with Gasteiger partial charge in [0.1, 0.15) is 0 Å². The first kappa shape index (κ1) is 16.7. The topological polar surface area (TPSA) is 52.6 Å². The second-order valence-corrected chi connectivity index (χ2v) is 5.12. The van der Waals surface area contributed by atoms with Crippen molar-refractivity contribution in [1.82, 2.24) is 4.90 Å². The minimum atomic E-state index is -0.487. The molecule has 4 nitrogen and oxygen atoms in total. The van der Waals surface area contributed by atoms with Crippen molar-refractivity contribution in [3.05, 3.63) is 29.8 Å². The van der Waals surface area contributed by atoms with E-state index in [-0.39, 0.29) is 5.91 Å². The summed E-state index contributed by atoms with van der Waals surface area (Å²) < 4.78 is 0. The number of nitrogens with one attached hydrogen (secondary N) is 1. The highest BCUT2D eigenvalue weighted by atomic mass is 16.3. The lowest BCUT2D eigenvalue weighted by Gasteiger charge is -2.24. The van der Waals surface area contributed by atoms with Gasteiger partial charge >= 0.3 is 0 Å². The van der Waals surface area contributed by atoms with Crippen molar-refractivity contribution in [2.24, 2.45) is 0 Å². The number of aliphatic hydroxyl groups is 1. The minimum Gasteiger partial charge on any atom is -0.387 e. The van der Waals surface area contributed by atoms with Crippen molar-refractivity contribution in [3.8, 4) is 0 Å². The van der Waals surface area contributed by atoms with Crippen LogP contribution in [0.3, 0.4) is 0 Å². The summed E-state index contributed by atoms with van der Waals surface area (Å²) in [4.78, 5) is 13.2. The second kappa shape index (κ2) is 8.72. The molecule has 0 saturated heterocycles. The molecule has 1 unspecified atom stereocenters. The zero-order valence-corrected chi connectivity index (χ0v) is 12.7. The van der Waals surface area contributed by atoms with Crippen LogP contribution in [0.1, 0.15) is 45.3 Å². The van der Waals surface area contributed by atoms with Crippen LogP contribution in [0, 0.1) is 0 Å². The van der Waals surface area contributed by atoms with Gasteiger partial charge in [-0.3, -0.25) is 4.79 Å². The summed E-state index contributed by atoms with van der Waals surface area (Å²) in [6, 6.07) is 7.38. The number of anilines is 1. The van der Waals surface area contributed by atoms with Gasteiger partial charge in [0, 0.05) is 19.2 Å². The first-order chi connectivity index (χ1) is 9.56. The molecule has 0 fully saturated rings. The molecule has 0 aliphatic heterocycles. The number of nitrogens with zero attached hydrogens (tertiary/aromatic N) is 1. The Morgan fingerprint density at radius 1 is 1.20 bits per heavy atom. The lowest BCUT2D eigenvalue weighted by molar-refractivity contribution is -0.114. The van der Waals surface area contributed by atoms with Crippen molar-refractivity contribution in [2.45, 2.75) is 39.7 Å². The summed E-state index contributed by atoms with van der Waals surface area (Å²) in [5.74, 6) is -0.0876. The van der Waals surface area contributed by atoms with Crippen LogP contribution in [0.15, 0.2) is 24.3 Å². The van der Waals surface area contributed by atoms with E-state index in [0.29, 0.717) is 6.54 Å². The Kier molecular flexibility index (Phi) is 7.26. The molecule has 0 aromatic heterocycles. The Morgan fingerprint density at radius 2 is 1.75 bits per heavy atom. The molecule has 0 heterocycles. The van der Waals surface area contributed by atoms with Gasteiger partial charge in [-0.05, 0) is 43.6 Å². The van der Waals surface area contributed by atoms with E-state index in [4.69, 9.17) is 0 Å². The van der Waals surface area contributed by atoms with Crippen molar-refractivity contribution in [1.29, 1.82) is 0 Å². The maximum atomic E-state index is 11.0. The first-order valence-electron chi connectivity index (χ1n) is 7.34. The molecule has 0 aliphatic carbocycles. The zero-order chi connectivity index (χ0) is 15.0. The summed E-state index contributed by atoms with van der Waals surface area (Å²) in [5, 5.41) is 13.0. The van der Waals surface area contributed by atoms with Crippen molar-refractivity contribution in [3.63, 3.8) is 0 Å². The van der Waals surface area contributed by atoms with Crippen molar-refractivity contribution >= 4 is 11.6 Å². The van der Waals surface area contributed by atoms with Gasteiger partial charge in [0.15, 0.2) is 0 Å². The molecule has 0 aliphatic rings. The average Bonchev–Trinajstić information content (AvgIpc) is 2.39. The maximum absolute atomic E-state index is 11.0. The summed E-state index contributed by atoms with van der Waals surface area (Å²) in [5.41, 5.74) is 1.64. The molecule has 4 heteroatoms. The fraction of sp³-hybridized carbons (Fsp3) is 0.562. The van der Waals surface area contributed by atoms with Gasteiger partial charge < -0.3 is 15.3 Å². The lowest BCUT2D eigenvalue weighted by atomic mass is 10.1. The second-order valence-electron chi connectivity index (χ2n) is 5.12. The molecule has 112 valence electrons. The van der Waals surface area contributed by atoms with E-state index in [0.717, 1.165) is 37.2 Å². The molecule has 0 spiro atoms. The Balaban J connectivity index is 2.61. The number of amides is 1. The summed E-state index contributed by atoms with van der Waals surface area (Å²) in [7, 11) is 0. The standard InChI is InChI=1S/C16H26N2O2/c1-4-10-18(11-5-2)12-16(20)14-6-8-15(9-7-14)17-13(3)19/h6-9,16,20H,4-5,10-12H2,1-3H3,(H,17,19). The molecular formula is C16H26N2O2. The predicted molar refractivity (Wildman–Crippen MR) is 82.7 cm³/mol. The quantitative estimate of drug-likeness (QED) is 0.769. The van der Waals surface area contributed by atoms with Gasteiger partial charge in [-0.2, -0.15) is 0 Å². The van der Waals surface area contributed by atoms with E-state index < -0.39 is 6.10 Å². The number of carbonyl (C=O) groups excluding carboxylic acids is 1. The van der Waals surface area contributed by atoms with Gasteiger partial charge in [0.2, 0.25) is 5.91 Å². The molecule has 1 amide bonds. The van der Waals surface area contributed by atoms with Crippen LogP contribution in [-0.4, -0.2) is 35.5 Å². The average molecular weight is 278 g/mol. The van der Waals surface area contributed by atoms with Gasteiger partial charge in [-0.1, -0.05) is 26.0 Å². The number of aliphatic hydroxyl groups excluding tert-OH is 1. The highest BCUT2D eigenvalue weighted by molar-refractivity contribution is 5.88. The summed E-state index contributed by atoms with van der Waals surface area (Å²) in [6.07, 6.45) is 1.70. The number of hydrogen-bond acceptors (Lipinski definition) is 3. The number of rotatable bonds is 8. The Hall–Kier alpha value is -1.39. The highest BCUT2D eigenvalue weighted by Crippen LogP contribution is 2.17. The molecule has 0 saturated carbocycles. The van der Waals surface area contributed by atoms with Crippen molar-refractivity contribution in [2.75, 3.05) is 25.0 Å².